The summed E-state index contributed by atoms with van der Waals surface area (Å²) in [5.41, 5.74) is 4.99. The van der Waals surface area contributed by atoms with Crippen molar-refractivity contribution in [2.75, 3.05) is 6.61 Å². The molecule has 15 nitrogen and oxygen atoms in total. The number of carbonyl (C=O) groups excluding carboxylic acids is 4. The first-order chi connectivity index (χ1) is 15.8. The first-order valence-corrected chi connectivity index (χ1v) is 10.4. The quantitative estimate of drug-likeness (QED) is 0.129. The van der Waals surface area contributed by atoms with Crippen LogP contribution < -0.4 is 21.7 Å². The molecule has 9 N–H and O–H groups in total. The van der Waals surface area contributed by atoms with Crippen molar-refractivity contribution >= 4 is 29.6 Å². The number of rotatable bonds is 12. The van der Waals surface area contributed by atoms with Gasteiger partial charge in [-0.1, -0.05) is 0 Å². The molecular weight excluding hydrogens is 460 g/mol. The molecule has 194 valence electrons. The van der Waals surface area contributed by atoms with Crippen LogP contribution in [0.15, 0.2) is 0 Å². The van der Waals surface area contributed by atoms with Crippen LogP contribution in [0.2, 0.25) is 0 Å². The van der Waals surface area contributed by atoms with E-state index >= 15 is 0 Å². The van der Waals surface area contributed by atoms with Crippen LogP contribution in [0, 0.1) is 0 Å². The SMILES string of the molecule is CC(=O)N[C@@H]1[C@@H](O[C@@H](C)C(=O)N[C@@H](C)C(=O)N[C@@H](CCC(N)=O)C(=O)O)[C@H](O)[C@@H](CO)O[C@@H]1O. The van der Waals surface area contributed by atoms with Gasteiger partial charge in [-0.05, 0) is 20.3 Å². The van der Waals surface area contributed by atoms with Crippen molar-refractivity contribution in [2.45, 2.75) is 82.4 Å². The Labute approximate surface area is 195 Å². The lowest BCUT2D eigenvalue weighted by atomic mass is 9.96. The Hall–Kier alpha value is -2.85. The van der Waals surface area contributed by atoms with Crippen molar-refractivity contribution in [3.8, 4) is 0 Å². The molecular formula is C19H32N4O11. The van der Waals surface area contributed by atoms with E-state index in [9.17, 15) is 39.3 Å². The minimum Gasteiger partial charge on any atom is -0.480 e. The molecule has 0 aromatic rings. The van der Waals surface area contributed by atoms with Crippen molar-refractivity contribution < 1.29 is 53.9 Å². The second-order valence-electron chi connectivity index (χ2n) is 7.84. The van der Waals surface area contributed by atoms with Crippen molar-refractivity contribution in [2.24, 2.45) is 5.73 Å². The Morgan fingerprint density at radius 1 is 1.09 bits per heavy atom. The highest BCUT2D eigenvalue weighted by Crippen LogP contribution is 2.23. The Morgan fingerprint density at radius 2 is 1.71 bits per heavy atom. The lowest BCUT2D eigenvalue weighted by Crippen LogP contribution is -2.65. The fraction of sp³-hybridized carbons (Fsp3) is 0.737. The highest BCUT2D eigenvalue weighted by molar-refractivity contribution is 5.91. The van der Waals surface area contributed by atoms with Crippen LogP contribution in [0.3, 0.4) is 0 Å². The number of ether oxygens (including phenoxy) is 2. The summed E-state index contributed by atoms with van der Waals surface area (Å²) in [6.45, 7) is 3.03. The maximum atomic E-state index is 12.5. The number of primary amides is 1. The number of aliphatic hydroxyl groups excluding tert-OH is 3. The molecule has 0 spiro atoms. The Bertz CT molecular complexity index is 765. The monoisotopic (exact) mass is 492 g/mol. The van der Waals surface area contributed by atoms with Gasteiger partial charge in [-0.15, -0.1) is 0 Å². The summed E-state index contributed by atoms with van der Waals surface area (Å²) in [6.07, 6.45) is -7.62. The van der Waals surface area contributed by atoms with E-state index in [4.69, 9.17) is 20.3 Å². The molecule has 1 fully saturated rings. The summed E-state index contributed by atoms with van der Waals surface area (Å²) < 4.78 is 10.6. The van der Waals surface area contributed by atoms with E-state index in [1.807, 2.05) is 0 Å². The number of amides is 4. The average Bonchev–Trinajstić information content (AvgIpc) is 2.74. The summed E-state index contributed by atoms with van der Waals surface area (Å²) in [4.78, 5) is 58.4. The molecule has 0 radical (unpaired) electrons. The minimum atomic E-state index is -1.65. The lowest BCUT2D eigenvalue weighted by Gasteiger charge is -2.43. The van der Waals surface area contributed by atoms with Gasteiger partial charge in [-0.3, -0.25) is 19.2 Å². The van der Waals surface area contributed by atoms with Crippen molar-refractivity contribution in [3.63, 3.8) is 0 Å². The maximum absolute atomic E-state index is 12.5. The first kappa shape index (κ1) is 29.2. The number of aliphatic hydroxyl groups is 3. The molecule has 15 heteroatoms. The molecule has 0 saturated carbocycles. The van der Waals surface area contributed by atoms with Gasteiger partial charge in [0.1, 0.15) is 42.5 Å². The fourth-order valence-electron chi connectivity index (χ4n) is 3.17. The number of carboxylic acids is 1. The topological polar surface area (TPSA) is 247 Å². The van der Waals surface area contributed by atoms with E-state index in [0.717, 1.165) is 6.92 Å². The molecule has 0 aromatic carbocycles. The zero-order chi connectivity index (χ0) is 26.2. The zero-order valence-corrected chi connectivity index (χ0v) is 19.0. The van der Waals surface area contributed by atoms with Crippen molar-refractivity contribution in [1.82, 2.24) is 16.0 Å². The summed E-state index contributed by atoms with van der Waals surface area (Å²) in [7, 11) is 0. The van der Waals surface area contributed by atoms with E-state index in [1.165, 1.54) is 13.8 Å². The third kappa shape index (κ3) is 8.49. The van der Waals surface area contributed by atoms with Crippen LogP contribution in [0.4, 0.5) is 0 Å². The summed E-state index contributed by atoms with van der Waals surface area (Å²) in [5, 5.41) is 45.9. The van der Waals surface area contributed by atoms with Gasteiger partial charge in [0.25, 0.3) is 0 Å². The number of hydrogen-bond acceptors (Lipinski definition) is 10. The van der Waals surface area contributed by atoms with Gasteiger partial charge in [0.05, 0.1) is 6.61 Å². The molecule has 0 bridgehead atoms. The maximum Gasteiger partial charge on any atom is 0.326 e. The molecule has 1 saturated heterocycles. The van der Waals surface area contributed by atoms with Gasteiger partial charge >= 0.3 is 5.97 Å². The van der Waals surface area contributed by atoms with Crippen LogP contribution in [-0.4, -0.2) is 105 Å². The number of nitrogens with one attached hydrogen (secondary N) is 3. The first-order valence-electron chi connectivity index (χ1n) is 10.4. The van der Waals surface area contributed by atoms with Crippen LogP contribution >= 0.6 is 0 Å². The average molecular weight is 492 g/mol. The minimum absolute atomic E-state index is 0.239. The predicted octanol–water partition coefficient (Wildman–Crippen LogP) is -4.33. The van der Waals surface area contributed by atoms with E-state index < -0.39 is 85.0 Å². The van der Waals surface area contributed by atoms with Crippen LogP contribution in [-0.2, 0) is 33.4 Å². The molecule has 1 aliphatic rings. The largest absolute Gasteiger partial charge is 0.480 e. The Morgan fingerprint density at radius 3 is 2.21 bits per heavy atom. The lowest BCUT2D eigenvalue weighted by molar-refractivity contribution is -0.266. The summed E-state index contributed by atoms with van der Waals surface area (Å²) in [6, 6.07) is -3.89. The van der Waals surface area contributed by atoms with Crippen molar-refractivity contribution in [3.05, 3.63) is 0 Å². The van der Waals surface area contributed by atoms with Gasteiger partial charge in [0.2, 0.25) is 23.6 Å². The number of hydrogen-bond donors (Lipinski definition) is 8. The number of aliphatic carboxylic acids is 1. The highest BCUT2D eigenvalue weighted by Gasteiger charge is 2.47. The Kier molecular flexibility index (Phi) is 11.3. The second kappa shape index (κ2) is 13.1. The van der Waals surface area contributed by atoms with Crippen LogP contribution in [0.5, 0.6) is 0 Å². The van der Waals surface area contributed by atoms with E-state index in [2.05, 4.69) is 16.0 Å². The molecule has 0 aromatic heterocycles. The predicted molar refractivity (Wildman–Crippen MR) is 112 cm³/mol. The molecule has 0 unspecified atom stereocenters. The van der Waals surface area contributed by atoms with Crippen LogP contribution in [0.1, 0.15) is 33.6 Å². The third-order valence-electron chi connectivity index (χ3n) is 5.02. The highest BCUT2D eigenvalue weighted by atomic mass is 16.6. The normalized spacial score (nSPS) is 27.1. The molecule has 1 aliphatic heterocycles. The molecule has 4 amide bonds. The molecule has 0 aliphatic carbocycles. The standard InChI is InChI=1S/C19H32N4O11/c1-7(16(28)23-10(18(30)31)4-5-12(20)26)21-17(29)8(2)33-15-13(22-9(3)25)19(32)34-11(6-24)14(15)27/h7-8,10-11,13-15,19,24,27,32H,4-6H2,1-3H3,(H2,20,26)(H,21,29)(H,22,25)(H,23,28)(H,30,31)/t7-,8-,10-,11+,13+,14+,15+,19-/m0/s1. The Balaban J connectivity index is 2.80. The van der Waals surface area contributed by atoms with Crippen LogP contribution in [0.25, 0.3) is 0 Å². The molecule has 1 rings (SSSR count). The fourth-order valence-corrected chi connectivity index (χ4v) is 3.17. The molecule has 8 atom stereocenters. The zero-order valence-electron chi connectivity index (χ0n) is 19.0. The van der Waals surface area contributed by atoms with Gasteiger partial charge in [0.15, 0.2) is 6.29 Å². The summed E-state index contributed by atoms with van der Waals surface area (Å²) >= 11 is 0. The number of carboxylic acid groups (broad SMARTS) is 1. The number of carbonyl (C=O) groups is 5. The van der Waals surface area contributed by atoms with E-state index in [1.54, 1.807) is 0 Å². The third-order valence-corrected chi connectivity index (χ3v) is 5.02. The van der Waals surface area contributed by atoms with Gasteiger partial charge in [-0.25, -0.2) is 4.79 Å². The van der Waals surface area contributed by atoms with E-state index in [0.29, 0.717) is 0 Å². The van der Waals surface area contributed by atoms with Gasteiger partial charge in [0, 0.05) is 13.3 Å². The van der Waals surface area contributed by atoms with Crippen molar-refractivity contribution in [1.29, 1.82) is 0 Å². The van der Waals surface area contributed by atoms with Gasteiger partial charge in [-0.2, -0.15) is 0 Å². The van der Waals surface area contributed by atoms with Gasteiger partial charge < -0.3 is 51.6 Å². The number of nitrogens with two attached hydrogens (primary N) is 1. The van der Waals surface area contributed by atoms with E-state index in [-0.39, 0.29) is 12.8 Å². The smallest absolute Gasteiger partial charge is 0.326 e. The molecule has 1 heterocycles. The second-order valence-corrected chi connectivity index (χ2v) is 7.84. The summed E-state index contributed by atoms with van der Waals surface area (Å²) in [5.74, 6) is -4.39. The molecule has 34 heavy (non-hydrogen) atoms.